The SMILES string of the molecule is C=C(OC)OC(=O)c1ccc(COC)cc1.C=C(OC)OOC(=O)c1ccc(COC)cc1.Cc1ccc(C(=O)O)cc1.Cc1ccc(C(=O)O)cc1. The largest absolute Gasteiger partial charge is 0.478 e. The van der Waals surface area contributed by atoms with Crippen molar-refractivity contribution in [2.45, 2.75) is 27.1 Å². The molecule has 0 radical (unpaired) electrons. The summed E-state index contributed by atoms with van der Waals surface area (Å²) < 4.78 is 23.9. The second kappa shape index (κ2) is 24.7. The van der Waals surface area contributed by atoms with Gasteiger partial charge >= 0.3 is 29.8 Å². The van der Waals surface area contributed by atoms with Crippen LogP contribution in [0.25, 0.3) is 0 Å². The third kappa shape index (κ3) is 18.4. The molecule has 0 saturated heterocycles. The summed E-state index contributed by atoms with van der Waals surface area (Å²) in [6.07, 6.45) is 0. The Labute approximate surface area is 308 Å². The molecule has 282 valence electrons. The van der Waals surface area contributed by atoms with E-state index in [1.165, 1.54) is 14.2 Å². The highest BCUT2D eigenvalue weighted by Crippen LogP contribution is 2.10. The summed E-state index contributed by atoms with van der Waals surface area (Å²) in [5.74, 6) is -2.97. The first-order valence-electron chi connectivity index (χ1n) is 15.6. The van der Waals surface area contributed by atoms with E-state index in [0.29, 0.717) is 35.5 Å². The molecule has 0 aliphatic heterocycles. The number of hydrogen-bond donors (Lipinski definition) is 2. The van der Waals surface area contributed by atoms with Gasteiger partial charge in [-0.05, 0) is 86.7 Å². The van der Waals surface area contributed by atoms with Gasteiger partial charge in [-0.1, -0.05) is 59.7 Å². The lowest BCUT2D eigenvalue weighted by atomic mass is 10.1. The summed E-state index contributed by atoms with van der Waals surface area (Å²) in [7, 11) is 5.96. The van der Waals surface area contributed by atoms with Crippen molar-refractivity contribution in [1.82, 2.24) is 0 Å². The van der Waals surface area contributed by atoms with Gasteiger partial charge in [0.1, 0.15) is 0 Å². The van der Waals surface area contributed by atoms with Crippen molar-refractivity contribution >= 4 is 23.9 Å². The number of methoxy groups -OCH3 is 4. The van der Waals surface area contributed by atoms with Crippen molar-refractivity contribution in [2.24, 2.45) is 0 Å². The van der Waals surface area contributed by atoms with Crippen LogP contribution in [0.3, 0.4) is 0 Å². The molecule has 13 nitrogen and oxygen atoms in total. The molecule has 0 bridgehead atoms. The summed E-state index contributed by atoms with van der Waals surface area (Å²) in [5, 5.41) is 17.0. The molecule has 0 aliphatic carbocycles. The van der Waals surface area contributed by atoms with Gasteiger partial charge in [0.05, 0.1) is 49.7 Å². The average molecular weight is 733 g/mol. The fourth-order valence-corrected chi connectivity index (χ4v) is 3.57. The van der Waals surface area contributed by atoms with E-state index in [2.05, 4.69) is 32.4 Å². The zero-order chi connectivity index (χ0) is 39.8. The van der Waals surface area contributed by atoms with E-state index in [-0.39, 0.29) is 11.9 Å². The predicted octanol–water partition coefficient (Wildman–Crippen LogP) is 7.53. The second-order valence-corrected chi connectivity index (χ2v) is 10.6. The summed E-state index contributed by atoms with van der Waals surface area (Å²) in [6.45, 7) is 11.6. The van der Waals surface area contributed by atoms with Gasteiger partial charge < -0.3 is 33.9 Å². The molecule has 4 aromatic carbocycles. The average Bonchev–Trinajstić information content (AvgIpc) is 3.15. The van der Waals surface area contributed by atoms with Crippen LogP contribution in [0.2, 0.25) is 0 Å². The first-order valence-corrected chi connectivity index (χ1v) is 15.6. The number of esters is 1. The standard InChI is InChI=1S/C12H14O5.C12H14O4.2C8H8O2/c1-9(15-3)16-17-12(13)11-6-4-10(5-7-11)8-14-2;1-9(15-3)16-12(13)11-6-4-10(5-7-11)8-14-2;2*1-6-2-4-7(5-3-6)8(9)10/h4-7H,1,8H2,2-3H3;4-7H,1,8H2,2-3H3;2*2-5H,1H3,(H,9,10). The van der Waals surface area contributed by atoms with Crippen molar-refractivity contribution < 1.29 is 62.9 Å². The molecule has 0 spiro atoms. The number of carboxylic acid groups (broad SMARTS) is 2. The summed E-state index contributed by atoms with van der Waals surface area (Å²) in [4.78, 5) is 52.6. The Bertz CT molecular complexity index is 1690. The molecular weight excluding hydrogens is 688 g/mol. The van der Waals surface area contributed by atoms with Crippen LogP contribution >= 0.6 is 0 Å². The van der Waals surface area contributed by atoms with Crippen LogP contribution in [0.4, 0.5) is 0 Å². The number of aromatic carboxylic acids is 2. The Balaban J connectivity index is 0.000000363. The molecule has 4 aromatic rings. The van der Waals surface area contributed by atoms with E-state index in [9.17, 15) is 19.2 Å². The van der Waals surface area contributed by atoms with Crippen LogP contribution < -0.4 is 0 Å². The van der Waals surface area contributed by atoms with Gasteiger partial charge in [-0.2, -0.15) is 0 Å². The van der Waals surface area contributed by atoms with Crippen LogP contribution in [0.5, 0.6) is 0 Å². The predicted molar refractivity (Wildman–Crippen MR) is 195 cm³/mol. The minimum atomic E-state index is -0.875. The highest BCUT2D eigenvalue weighted by atomic mass is 17.2. The van der Waals surface area contributed by atoms with Crippen LogP contribution in [0, 0.1) is 13.8 Å². The topological polar surface area (TPSA) is 173 Å². The number of hydrogen-bond acceptors (Lipinski definition) is 11. The maximum Gasteiger partial charge on any atom is 0.386 e. The van der Waals surface area contributed by atoms with Crippen LogP contribution in [0.15, 0.2) is 122 Å². The molecule has 13 heteroatoms. The Morgan fingerprint density at radius 2 is 0.830 bits per heavy atom. The molecule has 2 N–H and O–H groups in total. The molecule has 0 aromatic heterocycles. The Morgan fingerprint density at radius 3 is 1.15 bits per heavy atom. The first kappa shape index (κ1) is 44.6. The van der Waals surface area contributed by atoms with Crippen molar-refractivity contribution in [3.8, 4) is 0 Å². The fraction of sp³-hybridized carbons (Fsp3) is 0.200. The Morgan fingerprint density at radius 1 is 0.491 bits per heavy atom. The maximum absolute atomic E-state index is 11.5. The van der Waals surface area contributed by atoms with Crippen molar-refractivity contribution in [2.75, 3.05) is 28.4 Å². The zero-order valence-electron chi connectivity index (χ0n) is 30.5. The van der Waals surface area contributed by atoms with E-state index in [1.54, 1.807) is 111 Å². The van der Waals surface area contributed by atoms with Crippen molar-refractivity contribution in [1.29, 1.82) is 0 Å². The van der Waals surface area contributed by atoms with Crippen LogP contribution in [-0.2, 0) is 46.7 Å². The summed E-state index contributed by atoms with van der Waals surface area (Å²) in [6, 6.07) is 27.2. The molecule has 0 atom stereocenters. The molecule has 53 heavy (non-hydrogen) atoms. The van der Waals surface area contributed by atoms with E-state index in [1.807, 2.05) is 13.8 Å². The fourth-order valence-electron chi connectivity index (χ4n) is 3.57. The third-order valence-electron chi connectivity index (χ3n) is 6.47. The number of carboxylic acids is 2. The maximum atomic E-state index is 11.5. The monoisotopic (exact) mass is 732 g/mol. The van der Waals surface area contributed by atoms with Gasteiger partial charge in [0.2, 0.25) is 0 Å². The van der Waals surface area contributed by atoms with Crippen molar-refractivity contribution in [3.63, 3.8) is 0 Å². The lowest BCUT2D eigenvalue weighted by Gasteiger charge is -2.05. The summed E-state index contributed by atoms with van der Waals surface area (Å²) >= 11 is 0. The smallest absolute Gasteiger partial charge is 0.386 e. The van der Waals surface area contributed by atoms with Gasteiger partial charge in [-0.25, -0.2) is 29.0 Å². The second-order valence-electron chi connectivity index (χ2n) is 10.6. The molecule has 0 amide bonds. The number of rotatable bonds is 13. The molecule has 4 rings (SSSR count). The number of carbonyl (C=O) groups is 4. The minimum absolute atomic E-state index is 0.0223. The number of ether oxygens (including phenoxy) is 5. The van der Waals surface area contributed by atoms with Gasteiger partial charge in [0.15, 0.2) is 0 Å². The lowest BCUT2D eigenvalue weighted by Crippen LogP contribution is -2.06. The van der Waals surface area contributed by atoms with Gasteiger partial charge in [0, 0.05) is 14.2 Å². The Hall–Kier alpha value is -6.44. The number of carbonyl (C=O) groups excluding carboxylic acids is 2. The normalized spacial score (nSPS) is 9.47. The molecular formula is C40H44O13. The van der Waals surface area contributed by atoms with Gasteiger partial charge in [-0.15, -0.1) is 0 Å². The Kier molecular flexibility index (Phi) is 20.7. The zero-order valence-corrected chi connectivity index (χ0v) is 30.5. The van der Waals surface area contributed by atoms with E-state index in [0.717, 1.165) is 22.3 Å². The highest BCUT2D eigenvalue weighted by molar-refractivity contribution is 5.90. The van der Waals surface area contributed by atoms with Gasteiger partial charge in [0.25, 0.3) is 5.95 Å². The van der Waals surface area contributed by atoms with Crippen molar-refractivity contribution in [3.05, 3.63) is 167 Å². The summed E-state index contributed by atoms with van der Waals surface area (Å²) in [5.41, 5.74) is 5.59. The molecule has 0 unspecified atom stereocenters. The number of benzene rings is 4. The van der Waals surface area contributed by atoms with E-state index < -0.39 is 23.9 Å². The van der Waals surface area contributed by atoms with Crippen LogP contribution in [0.1, 0.15) is 63.7 Å². The first-order chi connectivity index (χ1) is 25.2. The molecule has 0 heterocycles. The minimum Gasteiger partial charge on any atom is -0.478 e. The van der Waals surface area contributed by atoms with Crippen LogP contribution in [-0.4, -0.2) is 62.5 Å². The van der Waals surface area contributed by atoms with Gasteiger partial charge in [-0.3, -0.25) is 0 Å². The highest BCUT2D eigenvalue weighted by Gasteiger charge is 2.10. The number of aryl methyl sites for hydroxylation is 2. The molecule has 0 aliphatic rings. The molecule has 0 fully saturated rings. The third-order valence-corrected chi connectivity index (χ3v) is 6.47. The quantitative estimate of drug-likeness (QED) is 0.0598. The lowest BCUT2D eigenvalue weighted by molar-refractivity contribution is -0.238. The van der Waals surface area contributed by atoms with E-state index in [4.69, 9.17) is 24.4 Å². The molecule has 0 saturated carbocycles. The van der Waals surface area contributed by atoms with E-state index >= 15 is 0 Å².